The number of hydrogen-bond acceptors (Lipinski definition) is 4. The second-order valence-corrected chi connectivity index (χ2v) is 7.45. The minimum Gasteiger partial charge on any atom is -0.325 e. The van der Waals surface area contributed by atoms with E-state index in [2.05, 4.69) is 15.3 Å². The van der Waals surface area contributed by atoms with E-state index < -0.39 is 0 Å². The number of aryl methyl sites for hydroxylation is 1. The molecule has 0 saturated heterocycles. The fraction of sp³-hybridized carbons (Fsp3) is 0.211. The van der Waals surface area contributed by atoms with Crippen molar-refractivity contribution in [2.45, 2.75) is 30.7 Å². The molecule has 0 aliphatic heterocycles. The van der Waals surface area contributed by atoms with Gasteiger partial charge in [0.1, 0.15) is 0 Å². The number of fused-ring (bicyclic) bond motifs is 1. The number of nitrogens with zero attached hydrogens (tertiary/aromatic N) is 1. The number of hydrogen-bond donors (Lipinski definition) is 2. The van der Waals surface area contributed by atoms with Crippen LogP contribution in [0.2, 0.25) is 5.02 Å². The highest BCUT2D eigenvalue weighted by Crippen LogP contribution is 2.25. The zero-order valence-electron chi connectivity index (χ0n) is 14.4. The van der Waals surface area contributed by atoms with E-state index in [1.807, 2.05) is 32.0 Å². The number of amides is 1. The predicted molar refractivity (Wildman–Crippen MR) is 107 cm³/mol. The Morgan fingerprint density at radius 1 is 1.31 bits per heavy atom. The second kappa shape index (κ2) is 7.93. The highest BCUT2D eigenvalue weighted by atomic mass is 35.5. The number of aromatic amines is 1. The summed E-state index contributed by atoms with van der Waals surface area (Å²) in [4.78, 5) is 32.0. The number of benzene rings is 2. The van der Waals surface area contributed by atoms with Crippen LogP contribution in [0.15, 0.2) is 52.4 Å². The highest BCUT2D eigenvalue weighted by molar-refractivity contribution is 8.00. The second-order valence-electron chi connectivity index (χ2n) is 5.86. The van der Waals surface area contributed by atoms with E-state index in [0.29, 0.717) is 33.2 Å². The van der Waals surface area contributed by atoms with Crippen molar-refractivity contribution in [2.24, 2.45) is 0 Å². The van der Waals surface area contributed by atoms with Gasteiger partial charge in [-0.2, -0.15) is 0 Å². The summed E-state index contributed by atoms with van der Waals surface area (Å²) in [7, 11) is 0. The van der Waals surface area contributed by atoms with Gasteiger partial charge >= 0.3 is 0 Å². The van der Waals surface area contributed by atoms with Gasteiger partial charge in [0.05, 0.1) is 16.2 Å². The van der Waals surface area contributed by atoms with Crippen LogP contribution in [0.25, 0.3) is 10.9 Å². The maximum atomic E-state index is 12.6. The molecule has 1 heterocycles. The van der Waals surface area contributed by atoms with Crippen LogP contribution in [0, 0.1) is 6.92 Å². The van der Waals surface area contributed by atoms with Gasteiger partial charge in [-0.25, -0.2) is 4.98 Å². The lowest BCUT2D eigenvalue weighted by atomic mass is 10.2. The number of aromatic nitrogens is 2. The Hall–Kier alpha value is -2.31. The predicted octanol–water partition coefficient (Wildman–Crippen LogP) is 4.39. The molecule has 1 amide bonds. The summed E-state index contributed by atoms with van der Waals surface area (Å²) in [6.07, 6.45) is 0.590. The zero-order valence-corrected chi connectivity index (χ0v) is 15.9. The van der Waals surface area contributed by atoms with Gasteiger partial charge in [0.15, 0.2) is 5.16 Å². The van der Waals surface area contributed by atoms with Gasteiger partial charge in [0.2, 0.25) is 5.91 Å². The molecule has 5 nitrogen and oxygen atoms in total. The van der Waals surface area contributed by atoms with Gasteiger partial charge in [-0.1, -0.05) is 48.5 Å². The molecular formula is C19H18ClN3O2S. The van der Waals surface area contributed by atoms with Gasteiger partial charge < -0.3 is 10.3 Å². The summed E-state index contributed by atoms with van der Waals surface area (Å²) in [5, 5.41) is 4.04. The quantitative estimate of drug-likeness (QED) is 0.502. The van der Waals surface area contributed by atoms with E-state index in [1.54, 1.807) is 24.3 Å². The van der Waals surface area contributed by atoms with Crippen molar-refractivity contribution in [3.8, 4) is 0 Å². The average Bonchev–Trinajstić information content (AvgIpc) is 2.62. The molecule has 0 saturated carbocycles. The molecule has 0 bridgehead atoms. The first-order chi connectivity index (χ1) is 12.5. The standard InChI is InChI=1S/C19H18ClN3O2S/c1-3-16(18(25)21-12-9-8-11(2)14(20)10-12)26-19-22-15-7-5-4-6-13(15)17(24)23-19/h4-10,16H,3H2,1-2H3,(H,21,25)(H,22,23,24). The molecule has 134 valence electrons. The average molecular weight is 388 g/mol. The molecule has 3 rings (SSSR count). The van der Waals surface area contributed by atoms with Crippen LogP contribution in [0.4, 0.5) is 5.69 Å². The van der Waals surface area contributed by atoms with Crippen molar-refractivity contribution in [1.29, 1.82) is 0 Å². The van der Waals surface area contributed by atoms with Crippen molar-refractivity contribution >= 4 is 45.9 Å². The summed E-state index contributed by atoms with van der Waals surface area (Å²) in [5.74, 6) is -0.159. The summed E-state index contributed by atoms with van der Waals surface area (Å²) in [6, 6.07) is 12.5. The first kappa shape index (κ1) is 18.5. The first-order valence-corrected chi connectivity index (χ1v) is 9.46. The molecule has 2 N–H and O–H groups in total. The summed E-state index contributed by atoms with van der Waals surface area (Å²) < 4.78 is 0. The topological polar surface area (TPSA) is 74.8 Å². The molecule has 0 fully saturated rings. The molecule has 1 unspecified atom stereocenters. The van der Waals surface area contributed by atoms with Crippen molar-refractivity contribution in [3.05, 3.63) is 63.4 Å². The van der Waals surface area contributed by atoms with Crippen LogP contribution in [-0.2, 0) is 4.79 Å². The molecule has 0 aliphatic rings. The Balaban J connectivity index is 1.79. The van der Waals surface area contributed by atoms with Gasteiger partial charge in [-0.15, -0.1) is 0 Å². The fourth-order valence-corrected chi connectivity index (χ4v) is 3.56. The van der Waals surface area contributed by atoms with Crippen molar-refractivity contribution in [1.82, 2.24) is 9.97 Å². The Morgan fingerprint density at radius 3 is 2.81 bits per heavy atom. The van der Waals surface area contributed by atoms with Gasteiger partial charge in [0.25, 0.3) is 5.56 Å². The van der Waals surface area contributed by atoms with Crippen LogP contribution in [0.3, 0.4) is 0 Å². The summed E-state index contributed by atoms with van der Waals surface area (Å²) >= 11 is 7.35. The molecule has 26 heavy (non-hydrogen) atoms. The third-order valence-electron chi connectivity index (χ3n) is 3.95. The normalized spacial score (nSPS) is 12.1. The lowest BCUT2D eigenvalue weighted by molar-refractivity contribution is -0.115. The molecule has 0 aliphatic carbocycles. The summed E-state index contributed by atoms with van der Waals surface area (Å²) in [5.41, 5.74) is 1.99. The van der Waals surface area contributed by atoms with Crippen LogP contribution in [0.5, 0.6) is 0 Å². The van der Waals surface area contributed by atoms with Crippen LogP contribution in [0.1, 0.15) is 18.9 Å². The van der Waals surface area contributed by atoms with Crippen molar-refractivity contribution < 1.29 is 4.79 Å². The number of anilines is 1. The van der Waals surface area contributed by atoms with Gasteiger partial charge in [-0.05, 0) is 43.2 Å². The highest BCUT2D eigenvalue weighted by Gasteiger charge is 2.20. The Bertz CT molecular complexity index is 1020. The zero-order chi connectivity index (χ0) is 18.7. The first-order valence-electron chi connectivity index (χ1n) is 8.20. The minimum absolute atomic E-state index is 0.159. The molecule has 3 aromatic rings. The number of thioether (sulfide) groups is 1. The molecular weight excluding hydrogens is 370 g/mol. The third kappa shape index (κ3) is 4.08. The maximum Gasteiger partial charge on any atom is 0.259 e. The molecule has 0 radical (unpaired) electrons. The number of carbonyl (C=O) groups excluding carboxylic acids is 1. The number of rotatable bonds is 5. The van der Waals surface area contributed by atoms with E-state index in [4.69, 9.17) is 11.6 Å². The largest absolute Gasteiger partial charge is 0.325 e. The Morgan fingerprint density at radius 2 is 2.08 bits per heavy atom. The lowest BCUT2D eigenvalue weighted by Crippen LogP contribution is -2.25. The smallest absolute Gasteiger partial charge is 0.259 e. The van der Waals surface area contributed by atoms with Crippen LogP contribution >= 0.6 is 23.4 Å². The SMILES string of the molecule is CCC(Sc1nc2ccccc2c(=O)[nH]1)C(=O)Nc1ccc(C)c(Cl)c1. The van der Waals surface area contributed by atoms with E-state index in [9.17, 15) is 9.59 Å². The molecule has 1 atom stereocenters. The van der Waals surface area contributed by atoms with Crippen molar-refractivity contribution in [3.63, 3.8) is 0 Å². The Labute approximate surface area is 160 Å². The molecule has 1 aromatic heterocycles. The van der Waals surface area contributed by atoms with Crippen LogP contribution in [-0.4, -0.2) is 21.1 Å². The van der Waals surface area contributed by atoms with Crippen LogP contribution < -0.4 is 10.9 Å². The van der Waals surface area contributed by atoms with Gasteiger partial charge in [0, 0.05) is 10.7 Å². The third-order valence-corrected chi connectivity index (χ3v) is 5.60. The van der Waals surface area contributed by atoms with E-state index >= 15 is 0 Å². The molecule has 2 aromatic carbocycles. The van der Waals surface area contributed by atoms with E-state index in [1.165, 1.54) is 11.8 Å². The van der Waals surface area contributed by atoms with Crippen molar-refractivity contribution in [2.75, 3.05) is 5.32 Å². The van der Waals surface area contributed by atoms with E-state index in [0.717, 1.165) is 5.56 Å². The number of nitrogens with one attached hydrogen (secondary N) is 2. The number of H-pyrrole nitrogens is 1. The van der Waals surface area contributed by atoms with E-state index in [-0.39, 0.29) is 16.7 Å². The number of carbonyl (C=O) groups is 1. The summed E-state index contributed by atoms with van der Waals surface area (Å²) in [6.45, 7) is 3.82. The molecule has 0 spiro atoms. The maximum absolute atomic E-state index is 12.6. The fourth-order valence-electron chi connectivity index (χ4n) is 2.47. The molecule has 7 heteroatoms. The number of para-hydroxylation sites is 1. The number of halogens is 1. The monoisotopic (exact) mass is 387 g/mol. The Kier molecular flexibility index (Phi) is 5.64. The minimum atomic E-state index is -0.389. The van der Waals surface area contributed by atoms with Gasteiger partial charge in [-0.3, -0.25) is 9.59 Å². The lowest BCUT2D eigenvalue weighted by Gasteiger charge is -2.14.